The van der Waals surface area contributed by atoms with Gasteiger partial charge in [-0.05, 0) is 25.1 Å². The quantitative estimate of drug-likeness (QED) is 0.599. The molecule has 0 aliphatic carbocycles. The molecule has 1 aromatic carbocycles. The standard InChI is InChI=1S/C17H16N6O2/c1-11-6-15(17-20-19-10-23(17)21-11)18-9-13-8-16(25-22-13)12-4-3-5-14(7-12)24-2/h3-8,10,18H,9H2,1-2H3. The molecule has 4 aromatic rings. The van der Waals surface area contributed by atoms with E-state index in [2.05, 4.69) is 25.8 Å². The molecule has 0 saturated carbocycles. The summed E-state index contributed by atoms with van der Waals surface area (Å²) in [5.74, 6) is 1.46. The van der Waals surface area contributed by atoms with Crippen LogP contribution in [0.1, 0.15) is 11.4 Å². The molecular formula is C17H16N6O2. The van der Waals surface area contributed by atoms with Crippen LogP contribution < -0.4 is 10.1 Å². The van der Waals surface area contributed by atoms with E-state index in [0.29, 0.717) is 18.0 Å². The molecule has 1 N–H and O–H groups in total. The summed E-state index contributed by atoms with van der Waals surface area (Å²) in [4.78, 5) is 0. The molecule has 0 aliphatic heterocycles. The first-order chi connectivity index (χ1) is 12.2. The number of ether oxygens (including phenoxy) is 1. The number of methoxy groups -OCH3 is 1. The number of hydrogen-bond donors (Lipinski definition) is 1. The molecule has 0 fully saturated rings. The zero-order valence-corrected chi connectivity index (χ0v) is 13.8. The maximum Gasteiger partial charge on any atom is 0.200 e. The molecule has 25 heavy (non-hydrogen) atoms. The summed E-state index contributed by atoms with van der Waals surface area (Å²) in [5.41, 5.74) is 4.08. The van der Waals surface area contributed by atoms with Crippen molar-refractivity contribution in [2.45, 2.75) is 13.5 Å². The Morgan fingerprint density at radius 2 is 2.16 bits per heavy atom. The van der Waals surface area contributed by atoms with Gasteiger partial charge in [0, 0.05) is 11.6 Å². The Labute approximate surface area is 143 Å². The lowest BCUT2D eigenvalue weighted by atomic mass is 10.1. The number of hydrogen-bond acceptors (Lipinski definition) is 7. The summed E-state index contributed by atoms with van der Waals surface area (Å²) in [7, 11) is 1.64. The van der Waals surface area contributed by atoms with Gasteiger partial charge in [0.2, 0.25) is 5.65 Å². The minimum atomic E-state index is 0.499. The zero-order valence-electron chi connectivity index (χ0n) is 13.8. The molecule has 8 heteroatoms. The van der Waals surface area contributed by atoms with Crippen molar-refractivity contribution in [2.24, 2.45) is 0 Å². The van der Waals surface area contributed by atoms with Crippen molar-refractivity contribution < 1.29 is 9.26 Å². The van der Waals surface area contributed by atoms with Crippen molar-refractivity contribution in [3.63, 3.8) is 0 Å². The summed E-state index contributed by atoms with van der Waals surface area (Å²) in [6.45, 7) is 2.42. The summed E-state index contributed by atoms with van der Waals surface area (Å²) < 4.78 is 12.3. The van der Waals surface area contributed by atoms with Gasteiger partial charge in [-0.15, -0.1) is 10.2 Å². The van der Waals surface area contributed by atoms with Crippen LogP contribution in [0.5, 0.6) is 5.75 Å². The van der Waals surface area contributed by atoms with Crippen molar-refractivity contribution >= 4 is 11.3 Å². The number of nitrogens with zero attached hydrogens (tertiary/aromatic N) is 5. The molecule has 0 atom stereocenters. The molecule has 0 spiro atoms. The number of fused-ring (bicyclic) bond motifs is 1. The predicted octanol–water partition coefficient (Wildman–Crippen LogP) is 2.71. The van der Waals surface area contributed by atoms with Crippen LogP contribution in [-0.2, 0) is 6.54 Å². The van der Waals surface area contributed by atoms with Gasteiger partial charge >= 0.3 is 0 Å². The summed E-state index contributed by atoms with van der Waals surface area (Å²) in [6, 6.07) is 11.5. The topological polar surface area (TPSA) is 90.4 Å². The molecule has 4 rings (SSSR count). The Morgan fingerprint density at radius 1 is 1.24 bits per heavy atom. The summed E-state index contributed by atoms with van der Waals surface area (Å²) >= 11 is 0. The van der Waals surface area contributed by atoms with Crippen LogP contribution in [0.4, 0.5) is 5.69 Å². The fourth-order valence-corrected chi connectivity index (χ4v) is 2.58. The van der Waals surface area contributed by atoms with Gasteiger partial charge in [-0.1, -0.05) is 17.3 Å². The minimum absolute atomic E-state index is 0.499. The van der Waals surface area contributed by atoms with Crippen LogP contribution in [0.3, 0.4) is 0 Å². The second kappa shape index (κ2) is 6.23. The van der Waals surface area contributed by atoms with Gasteiger partial charge in [-0.25, -0.2) is 0 Å². The first kappa shape index (κ1) is 15.1. The Hall–Kier alpha value is -3.42. The van der Waals surface area contributed by atoms with Gasteiger partial charge < -0.3 is 14.6 Å². The van der Waals surface area contributed by atoms with E-state index in [0.717, 1.165) is 28.4 Å². The molecule has 0 radical (unpaired) electrons. The number of nitrogens with one attached hydrogen (secondary N) is 1. The molecule has 126 valence electrons. The Morgan fingerprint density at radius 3 is 3.04 bits per heavy atom. The second-order valence-electron chi connectivity index (χ2n) is 5.57. The average Bonchev–Trinajstić information content (AvgIpc) is 3.29. The van der Waals surface area contributed by atoms with E-state index in [-0.39, 0.29) is 0 Å². The van der Waals surface area contributed by atoms with E-state index < -0.39 is 0 Å². The smallest absolute Gasteiger partial charge is 0.200 e. The average molecular weight is 336 g/mol. The molecule has 3 aromatic heterocycles. The van der Waals surface area contributed by atoms with Crippen LogP contribution in [0, 0.1) is 6.92 Å². The van der Waals surface area contributed by atoms with Gasteiger partial charge in [0.05, 0.1) is 25.0 Å². The third kappa shape index (κ3) is 3.01. The molecule has 0 bridgehead atoms. The Balaban J connectivity index is 1.54. The predicted molar refractivity (Wildman–Crippen MR) is 91.3 cm³/mol. The third-order valence-corrected chi connectivity index (χ3v) is 3.76. The lowest BCUT2D eigenvalue weighted by Crippen LogP contribution is -2.04. The number of rotatable bonds is 5. The van der Waals surface area contributed by atoms with Crippen LogP contribution >= 0.6 is 0 Å². The number of aryl methyl sites for hydroxylation is 1. The number of benzene rings is 1. The van der Waals surface area contributed by atoms with E-state index in [1.54, 1.807) is 18.0 Å². The van der Waals surface area contributed by atoms with Crippen molar-refractivity contribution in [1.82, 2.24) is 25.0 Å². The van der Waals surface area contributed by atoms with Crippen LogP contribution in [0.15, 0.2) is 47.2 Å². The lowest BCUT2D eigenvalue weighted by molar-refractivity contribution is 0.412. The molecule has 3 heterocycles. The normalized spacial score (nSPS) is 11.0. The highest BCUT2D eigenvalue weighted by molar-refractivity contribution is 5.66. The number of aromatic nitrogens is 5. The summed E-state index contributed by atoms with van der Waals surface area (Å²) in [6.07, 6.45) is 1.57. The van der Waals surface area contributed by atoms with Gasteiger partial charge in [0.15, 0.2) is 5.76 Å². The second-order valence-corrected chi connectivity index (χ2v) is 5.57. The molecular weight excluding hydrogens is 320 g/mol. The van der Waals surface area contributed by atoms with Crippen LogP contribution in [0.25, 0.3) is 17.0 Å². The van der Waals surface area contributed by atoms with Crippen LogP contribution in [0.2, 0.25) is 0 Å². The third-order valence-electron chi connectivity index (χ3n) is 3.76. The highest BCUT2D eigenvalue weighted by atomic mass is 16.5. The molecule has 0 unspecified atom stereocenters. The molecule has 0 saturated heterocycles. The first-order valence-electron chi connectivity index (χ1n) is 7.74. The lowest BCUT2D eigenvalue weighted by Gasteiger charge is -2.05. The minimum Gasteiger partial charge on any atom is -0.497 e. The highest BCUT2D eigenvalue weighted by Gasteiger charge is 2.10. The first-order valence-corrected chi connectivity index (χ1v) is 7.74. The van der Waals surface area contributed by atoms with Crippen molar-refractivity contribution in [3.05, 3.63) is 54.1 Å². The van der Waals surface area contributed by atoms with Gasteiger partial charge in [-0.2, -0.15) is 9.61 Å². The Bertz CT molecular complexity index is 1020. The van der Waals surface area contributed by atoms with Crippen molar-refractivity contribution in [1.29, 1.82) is 0 Å². The largest absolute Gasteiger partial charge is 0.497 e. The van der Waals surface area contributed by atoms with E-state index in [4.69, 9.17) is 9.26 Å². The van der Waals surface area contributed by atoms with Crippen molar-refractivity contribution in [3.8, 4) is 17.1 Å². The molecule has 0 aliphatic rings. The molecule has 8 nitrogen and oxygen atoms in total. The summed E-state index contributed by atoms with van der Waals surface area (Å²) in [5, 5.41) is 19.7. The van der Waals surface area contributed by atoms with E-state index in [1.807, 2.05) is 43.3 Å². The van der Waals surface area contributed by atoms with Crippen LogP contribution in [-0.4, -0.2) is 32.1 Å². The number of anilines is 1. The Kier molecular flexibility index (Phi) is 3.77. The van der Waals surface area contributed by atoms with Gasteiger partial charge in [-0.3, -0.25) is 0 Å². The van der Waals surface area contributed by atoms with Crippen molar-refractivity contribution in [2.75, 3.05) is 12.4 Å². The monoisotopic (exact) mass is 336 g/mol. The zero-order chi connectivity index (χ0) is 17.2. The van der Waals surface area contributed by atoms with E-state index in [1.165, 1.54) is 0 Å². The SMILES string of the molecule is COc1cccc(-c2cc(CNc3cc(C)nn4cnnc34)no2)c1. The van der Waals surface area contributed by atoms with Gasteiger partial charge in [0.25, 0.3) is 0 Å². The molecule has 0 amide bonds. The fourth-order valence-electron chi connectivity index (χ4n) is 2.58. The fraction of sp³-hybridized carbons (Fsp3) is 0.176. The van der Waals surface area contributed by atoms with E-state index >= 15 is 0 Å². The maximum atomic E-state index is 5.44. The highest BCUT2D eigenvalue weighted by Crippen LogP contribution is 2.25. The van der Waals surface area contributed by atoms with Gasteiger partial charge in [0.1, 0.15) is 17.8 Å². The maximum absolute atomic E-state index is 5.44. The van der Waals surface area contributed by atoms with E-state index in [9.17, 15) is 0 Å².